The van der Waals surface area contributed by atoms with Crippen LogP contribution in [0.15, 0.2) is 48.5 Å². The monoisotopic (exact) mass is 370 g/mol. The zero-order chi connectivity index (χ0) is 19.1. The molecule has 0 bridgehead atoms. The van der Waals surface area contributed by atoms with Crippen LogP contribution in [0.4, 0.5) is 11.4 Å². The quantitative estimate of drug-likeness (QED) is 0.787. The zero-order valence-corrected chi connectivity index (χ0v) is 15.1. The molecule has 0 aromatic heterocycles. The summed E-state index contributed by atoms with van der Waals surface area (Å²) < 4.78 is 15.5. The van der Waals surface area contributed by atoms with E-state index >= 15 is 0 Å². The van der Waals surface area contributed by atoms with Gasteiger partial charge in [0.05, 0.1) is 20.3 Å². The maximum absolute atomic E-state index is 12.1. The minimum absolute atomic E-state index is 0.280. The minimum atomic E-state index is -0.606. The minimum Gasteiger partial charge on any atom is -0.496 e. The average molecular weight is 370 g/mol. The van der Waals surface area contributed by atoms with E-state index in [0.717, 1.165) is 32.0 Å². The Morgan fingerprint density at radius 1 is 1.07 bits per heavy atom. The first kappa shape index (κ1) is 18.7. The second-order valence-corrected chi connectivity index (χ2v) is 5.97. The van der Waals surface area contributed by atoms with Crippen molar-refractivity contribution >= 4 is 23.3 Å². The van der Waals surface area contributed by atoms with Gasteiger partial charge in [0, 0.05) is 24.5 Å². The Labute approximate surface area is 157 Å². The molecule has 2 aromatic carbocycles. The van der Waals surface area contributed by atoms with Gasteiger partial charge in [-0.1, -0.05) is 12.1 Å². The van der Waals surface area contributed by atoms with E-state index in [1.54, 1.807) is 24.3 Å². The molecule has 0 saturated carbocycles. The molecule has 0 unspecified atom stereocenters. The zero-order valence-electron chi connectivity index (χ0n) is 15.1. The summed E-state index contributed by atoms with van der Waals surface area (Å²) in [5.74, 6) is -0.607. The van der Waals surface area contributed by atoms with Gasteiger partial charge in [-0.3, -0.25) is 4.79 Å². The largest absolute Gasteiger partial charge is 0.496 e. The summed E-state index contributed by atoms with van der Waals surface area (Å²) in [6, 6.07) is 14.2. The molecular formula is C20H22N2O5. The van der Waals surface area contributed by atoms with Crippen LogP contribution in [-0.4, -0.2) is 51.9 Å². The number of benzene rings is 2. The van der Waals surface area contributed by atoms with Gasteiger partial charge in [-0.15, -0.1) is 0 Å². The van der Waals surface area contributed by atoms with E-state index in [4.69, 9.17) is 14.2 Å². The van der Waals surface area contributed by atoms with Crippen LogP contribution >= 0.6 is 0 Å². The van der Waals surface area contributed by atoms with Gasteiger partial charge in [0.1, 0.15) is 11.3 Å². The highest BCUT2D eigenvalue weighted by Crippen LogP contribution is 2.20. The van der Waals surface area contributed by atoms with Gasteiger partial charge in [0.15, 0.2) is 6.61 Å². The van der Waals surface area contributed by atoms with E-state index < -0.39 is 11.9 Å². The van der Waals surface area contributed by atoms with Gasteiger partial charge in [0.25, 0.3) is 5.91 Å². The number of carbonyl (C=O) groups is 2. The van der Waals surface area contributed by atoms with Crippen LogP contribution in [-0.2, 0) is 14.3 Å². The lowest BCUT2D eigenvalue weighted by Gasteiger charge is -2.28. The summed E-state index contributed by atoms with van der Waals surface area (Å²) in [5, 5.41) is 2.72. The van der Waals surface area contributed by atoms with E-state index in [9.17, 15) is 9.59 Å². The molecule has 1 saturated heterocycles. The number of amides is 1. The number of hydrogen-bond acceptors (Lipinski definition) is 6. The first-order valence-corrected chi connectivity index (χ1v) is 8.70. The Kier molecular flexibility index (Phi) is 6.27. The number of anilines is 2. The predicted octanol–water partition coefficient (Wildman–Crippen LogP) is 2.33. The number of nitrogens with zero attached hydrogens (tertiary/aromatic N) is 1. The molecule has 142 valence electrons. The lowest BCUT2D eigenvalue weighted by Crippen LogP contribution is -2.36. The smallest absolute Gasteiger partial charge is 0.342 e. The van der Waals surface area contributed by atoms with Gasteiger partial charge in [-0.25, -0.2) is 4.79 Å². The molecular weight excluding hydrogens is 348 g/mol. The Balaban J connectivity index is 1.51. The van der Waals surface area contributed by atoms with Gasteiger partial charge in [0.2, 0.25) is 0 Å². The summed E-state index contributed by atoms with van der Waals surface area (Å²) in [4.78, 5) is 26.4. The normalized spacial score (nSPS) is 13.7. The molecule has 1 heterocycles. The van der Waals surface area contributed by atoms with Crippen LogP contribution in [0.1, 0.15) is 10.4 Å². The highest BCUT2D eigenvalue weighted by atomic mass is 16.5. The van der Waals surface area contributed by atoms with Crippen molar-refractivity contribution in [2.45, 2.75) is 0 Å². The first-order valence-electron chi connectivity index (χ1n) is 8.70. The summed E-state index contributed by atoms with van der Waals surface area (Å²) in [6.07, 6.45) is 0. The Morgan fingerprint density at radius 2 is 1.78 bits per heavy atom. The molecule has 3 rings (SSSR count). The third-order valence-electron chi connectivity index (χ3n) is 4.19. The fourth-order valence-corrected chi connectivity index (χ4v) is 2.80. The van der Waals surface area contributed by atoms with Gasteiger partial charge in [-0.2, -0.15) is 0 Å². The number of nitrogens with one attached hydrogen (secondary N) is 1. The number of morpholine rings is 1. The van der Waals surface area contributed by atoms with Crippen molar-refractivity contribution in [2.24, 2.45) is 0 Å². The summed E-state index contributed by atoms with van der Waals surface area (Å²) in [7, 11) is 1.47. The van der Waals surface area contributed by atoms with E-state index in [2.05, 4.69) is 10.2 Å². The topological polar surface area (TPSA) is 77.1 Å². The molecule has 7 heteroatoms. The number of para-hydroxylation sites is 1. The van der Waals surface area contributed by atoms with E-state index in [-0.39, 0.29) is 12.2 Å². The second kappa shape index (κ2) is 9.05. The van der Waals surface area contributed by atoms with Crippen molar-refractivity contribution in [1.82, 2.24) is 0 Å². The Morgan fingerprint density at radius 3 is 2.48 bits per heavy atom. The van der Waals surface area contributed by atoms with Crippen molar-refractivity contribution in [3.63, 3.8) is 0 Å². The third kappa shape index (κ3) is 4.98. The maximum Gasteiger partial charge on any atom is 0.342 e. The van der Waals surface area contributed by atoms with Crippen LogP contribution < -0.4 is 15.0 Å². The van der Waals surface area contributed by atoms with Crippen molar-refractivity contribution in [3.05, 3.63) is 54.1 Å². The first-order chi connectivity index (χ1) is 13.2. The van der Waals surface area contributed by atoms with Gasteiger partial charge < -0.3 is 24.4 Å². The predicted molar refractivity (Wildman–Crippen MR) is 101 cm³/mol. The van der Waals surface area contributed by atoms with Gasteiger partial charge in [-0.05, 0) is 36.4 Å². The van der Waals surface area contributed by atoms with Crippen molar-refractivity contribution in [3.8, 4) is 5.75 Å². The average Bonchev–Trinajstić information content (AvgIpc) is 2.73. The number of carbonyl (C=O) groups excluding carboxylic acids is 2. The fourth-order valence-electron chi connectivity index (χ4n) is 2.80. The third-order valence-corrected chi connectivity index (χ3v) is 4.19. The fraction of sp³-hybridized carbons (Fsp3) is 0.300. The molecule has 0 aliphatic carbocycles. The Bertz CT molecular complexity index is 785. The number of hydrogen-bond donors (Lipinski definition) is 1. The summed E-state index contributed by atoms with van der Waals surface area (Å²) >= 11 is 0. The molecule has 27 heavy (non-hydrogen) atoms. The highest BCUT2D eigenvalue weighted by molar-refractivity contribution is 5.96. The molecule has 1 amide bonds. The molecule has 0 radical (unpaired) electrons. The Hall–Kier alpha value is -3.06. The van der Waals surface area contributed by atoms with E-state index in [1.807, 2.05) is 24.3 Å². The molecule has 1 aliphatic rings. The molecule has 1 N–H and O–H groups in total. The molecule has 1 aliphatic heterocycles. The van der Waals surface area contributed by atoms with E-state index in [0.29, 0.717) is 11.4 Å². The van der Waals surface area contributed by atoms with Crippen LogP contribution in [0.25, 0.3) is 0 Å². The van der Waals surface area contributed by atoms with Crippen molar-refractivity contribution in [2.75, 3.05) is 50.2 Å². The number of esters is 1. The number of methoxy groups -OCH3 is 1. The maximum atomic E-state index is 12.1. The van der Waals surface area contributed by atoms with Crippen molar-refractivity contribution in [1.29, 1.82) is 0 Å². The molecule has 1 fully saturated rings. The molecule has 2 aromatic rings. The lowest BCUT2D eigenvalue weighted by atomic mass is 10.2. The summed E-state index contributed by atoms with van der Waals surface area (Å²) in [6.45, 7) is 2.77. The SMILES string of the molecule is COc1ccccc1C(=O)OCC(=O)Nc1ccc(N2CCOCC2)cc1. The summed E-state index contributed by atoms with van der Waals surface area (Å²) in [5.41, 5.74) is 2.01. The second-order valence-electron chi connectivity index (χ2n) is 5.97. The van der Waals surface area contributed by atoms with Crippen molar-refractivity contribution < 1.29 is 23.8 Å². The molecule has 0 spiro atoms. The van der Waals surface area contributed by atoms with E-state index in [1.165, 1.54) is 7.11 Å². The number of ether oxygens (including phenoxy) is 3. The highest BCUT2D eigenvalue weighted by Gasteiger charge is 2.15. The number of rotatable bonds is 6. The van der Waals surface area contributed by atoms with Crippen LogP contribution in [0.2, 0.25) is 0 Å². The molecule has 0 atom stereocenters. The standard InChI is InChI=1S/C20H22N2O5/c1-25-18-5-3-2-4-17(18)20(24)27-14-19(23)21-15-6-8-16(9-7-15)22-10-12-26-13-11-22/h2-9H,10-14H2,1H3,(H,21,23). The lowest BCUT2D eigenvalue weighted by molar-refractivity contribution is -0.119. The van der Waals surface area contributed by atoms with Crippen LogP contribution in [0.5, 0.6) is 5.75 Å². The van der Waals surface area contributed by atoms with Crippen LogP contribution in [0.3, 0.4) is 0 Å². The van der Waals surface area contributed by atoms with Gasteiger partial charge >= 0.3 is 5.97 Å². The van der Waals surface area contributed by atoms with Crippen LogP contribution in [0, 0.1) is 0 Å². The molecule has 7 nitrogen and oxygen atoms in total.